The molecule has 2 aromatic rings. The maximum Gasteiger partial charge on any atom is 0.418 e. The average Bonchev–Trinajstić information content (AvgIpc) is 2.81. The van der Waals surface area contributed by atoms with E-state index in [-0.39, 0.29) is 27.9 Å². The SMILES string of the molecule is CN(C1CC2(C1)CN(c1ncnn3c(Cl)cc(C(F)(F)F)c13)C2)S(N)(=O)=O. The first-order valence-corrected chi connectivity index (χ1v) is 9.90. The number of hydrogen-bond acceptors (Lipinski definition) is 5. The molecular weight excluding hydrogens is 409 g/mol. The Bertz CT molecular complexity index is 1010. The van der Waals surface area contributed by atoms with Crippen molar-refractivity contribution < 1.29 is 21.6 Å². The van der Waals surface area contributed by atoms with Crippen LogP contribution in [-0.2, 0) is 16.4 Å². The van der Waals surface area contributed by atoms with E-state index in [1.807, 2.05) is 0 Å². The van der Waals surface area contributed by atoms with Crippen LogP contribution in [0.15, 0.2) is 12.4 Å². The second kappa shape index (κ2) is 5.69. The third-order valence-electron chi connectivity index (χ3n) is 5.40. The number of nitrogens with two attached hydrogens (primary N) is 1. The van der Waals surface area contributed by atoms with Crippen molar-refractivity contribution in [3.8, 4) is 0 Å². The molecule has 8 nitrogen and oxygen atoms in total. The van der Waals surface area contributed by atoms with Crippen LogP contribution in [0.3, 0.4) is 0 Å². The summed E-state index contributed by atoms with van der Waals surface area (Å²) in [6.45, 7) is 0.962. The third kappa shape index (κ3) is 2.94. The highest BCUT2D eigenvalue weighted by molar-refractivity contribution is 7.86. The summed E-state index contributed by atoms with van der Waals surface area (Å²) in [6, 6.07) is 0.645. The minimum Gasteiger partial charge on any atom is -0.354 e. The van der Waals surface area contributed by atoms with Crippen LogP contribution in [0.4, 0.5) is 19.0 Å². The van der Waals surface area contributed by atoms with Crippen LogP contribution >= 0.6 is 11.6 Å². The van der Waals surface area contributed by atoms with Gasteiger partial charge in [-0.1, -0.05) is 11.6 Å². The minimum atomic E-state index is -4.58. The summed E-state index contributed by atoms with van der Waals surface area (Å²) in [5.74, 6) is 0.165. The summed E-state index contributed by atoms with van der Waals surface area (Å²) in [5.41, 5.74) is -1.20. The molecule has 0 atom stereocenters. The van der Waals surface area contributed by atoms with E-state index in [2.05, 4.69) is 10.1 Å². The van der Waals surface area contributed by atoms with E-state index in [1.54, 1.807) is 4.90 Å². The highest BCUT2D eigenvalue weighted by atomic mass is 35.5. The zero-order chi connectivity index (χ0) is 19.8. The maximum absolute atomic E-state index is 13.4. The average molecular weight is 425 g/mol. The van der Waals surface area contributed by atoms with Gasteiger partial charge in [0.05, 0.1) is 5.56 Å². The van der Waals surface area contributed by atoms with Crippen LogP contribution in [0, 0.1) is 5.41 Å². The number of anilines is 1. The van der Waals surface area contributed by atoms with Crippen LogP contribution < -0.4 is 10.0 Å². The molecule has 27 heavy (non-hydrogen) atoms. The van der Waals surface area contributed by atoms with E-state index in [4.69, 9.17) is 16.7 Å². The monoisotopic (exact) mass is 424 g/mol. The lowest BCUT2D eigenvalue weighted by molar-refractivity contribution is -0.136. The second-order valence-corrected chi connectivity index (χ2v) is 9.19. The summed E-state index contributed by atoms with van der Waals surface area (Å²) >= 11 is 5.89. The number of halogens is 4. The lowest BCUT2D eigenvalue weighted by Crippen LogP contribution is -2.67. The molecule has 3 heterocycles. The molecule has 1 saturated heterocycles. The highest BCUT2D eigenvalue weighted by Gasteiger charge is 2.55. The molecule has 2 fully saturated rings. The molecule has 148 valence electrons. The van der Waals surface area contributed by atoms with Crippen molar-refractivity contribution >= 4 is 33.1 Å². The fourth-order valence-corrected chi connectivity index (χ4v) is 4.82. The smallest absolute Gasteiger partial charge is 0.354 e. The van der Waals surface area contributed by atoms with Gasteiger partial charge in [0.2, 0.25) is 0 Å². The molecule has 4 rings (SSSR count). The van der Waals surface area contributed by atoms with Gasteiger partial charge in [0.15, 0.2) is 5.82 Å². The van der Waals surface area contributed by atoms with E-state index in [0.717, 1.165) is 21.2 Å². The minimum absolute atomic E-state index is 0.139. The zero-order valence-electron chi connectivity index (χ0n) is 14.1. The lowest BCUT2D eigenvalue weighted by Gasteiger charge is -2.60. The molecule has 1 saturated carbocycles. The second-order valence-electron chi connectivity index (χ2n) is 7.20. The van der Waals surface area contributed by atoms with Crippen molar-refractivity contribution in [2.75, 3.05) is 25.0 Å². The predicted molar refractivity (Wildman–Crippen MR) is 91.5 cm³/mol. The summed E-state index contributed by atoms with van der Waals surface area (Å²) in [5, 5.41) is 8.79. The molecule has 2 aliphatic rings. The maximum atomic E-state index is 13.4. The molecule has 0 unspecified atom stereocenters. The molecule has 2 N–H and O–H groups in total. The lowest BCUT2D eigenvalue weighted by atomic mass is 9.60. The van der Waals surface area contributed by atoms with Gasteiger partial charge in [-0.25, -0.2) is 14.6 Å². The number of aromatic nitrogens is 3. The van der Waals surface area contributed by atoms with Gasteiger partial charge in [-0.05, 0) is 18.9 Å². The Balaban J connectivity index is 1.57. The van der Waals surface area contributed by atoms with E-state index < -0.39 is 21.9 Å². The van der Waals surface area contributed by atoms with Gasteiger partial charge in [0.25, 0.3) is 10.2 Å². The first kappa shape index (κ1) is 18.7. The van der Waals surface area contributed by atoms with Crippen molar-refractivity contribution in [2.45, 2.75) is 25.1 Å². The molecule has 2 aromatic heterocycles. The molecule has 0 aromatic carbocycles. The molecule has 0 bridgehead atoms. The number of hydrogen-bond donors (Lipinski definition) is 1. The summed E-state index contributed by atoms with van der Waals surface area (Å²) in [4.78, 5) is 5.77. The molecule has 0 amide bonds. The van der Waals surface area contributed by atoms with Crippen molar-refractivity contribution in [2.24, 2.45) is 10.6 Å². The van der Waals surface area contributed by atoms with Gasteiger partial charge in [0, 0.05) is 31.6 Å². The Hall–Kier alpha value is -1.63. The molecule has 1 aliphatic carbocycles. The highest BCUT2D eigenvalue weighted by Crippen LogP contribution is 2.52. The van der Waals surface area contributed by atoms with Crippen molar-refractivity contribution in [3.05, 3.63) is 23.1 Å². The Labute approximate surface area is 157 Å². The number of rotatable bonds is 3. The van der Waals surface area contributed by atoms with Crippen molar-refractivity contribution in [1.82, 2.24) is 18.9 Å². The van der Waals surface area contributed by atoms with Crippen LogP contribution in [0.1, 0.15) is 18.4 Å². The molecule has 13 heteroatoms. The standard InChI is InChI=1S/C14H16ClF3N6O2S/c1-22(27(19,25)26)8-3-13(4-8)5-23(6-13)12-11-9(14(16,17)18)2-10(15)24(11)21-7-20-12/h2,7-8H,3-6H2,1H3,(H2,19,25,26). The van der Waals surface area contributed by atoms with Gasteiger partial charge in [0.1, 0.15) is 17.0 Å². The van der Waals surface area contributed by atoms with E-state index in [0.29, 0.717) is 25.9 Å². The Morgan fingerprint density at radius 2 is 2.00 bits per heavy atom. The third-order valence-corrected chi connectivity index (χ3v) is 6.77. The van der Waals surface area contributed by atoms with Crippen LogP contribution in [-0.4, -0.2) is 53.5 Å². The van der Waals surface area contributed by atoms with E-state index in [1.165, 1.54) is 7.05 Å². The summed E-state index contributed by atoms with van der Waals surface area (Å²) in [7, 11) is -2.33. The van der Waals surface area contributed by atoms with Crippen LogP contribution in [0.2, 0.25) is 5.15 Å². The van der Waals surface area contributed by atoms with Crippen molar-refractivity contribution in [3.63, 3.8) is 0 Å². The summed E-state index contributed by atoms with van der Waals surface area (Å²) < 4.78 is 65.0. The van der Waals surface area contributed by atoms with Gasteiger partial charge < -0.3 is 4.90 Å². The van der Waals surface area contributed by atoms with Crippen LogP contribution in [0.25, 0.3) is 5.52 Å². The molecule has 1 spiro atoms. The number of nitrogens with zero attached hydrogens (tertiary/aromatic N) is 5. The summed E-state index contributed by atoms with van der Waals surface area (Å²) in [6.07, 6.45) is -2.21. The normalized spacial score (nSPS) is 20.3. The number of alkyl halides is 3. The first-order chi connectivity index (χ1) is 12.4. The Morgan fingerprint density at radius 1 is 1.37 bits per heavy atom. The number of fused-ring (bicyclic) bond motifs is 1. The first-order valence-electron chi connectivity index (χ1n) is 8.01. The quantitative estimate of drug-likeness (QED) is 0.805. The fraction of sp³-hybridized carbons (Fsp3) is 0.571. The van der Waals surface area contributed by atoms with Gasteiger partial charge in [-0.2, -0.15) is 31.0 Å². The molecule has 0 radical (unpaired) electrons. The van der Waals surface area contributed by atoms with E-state index >= 15 is 0 Å². The Kier molecular flexibility index (Phi) is 3.94. The zero-order valence-corrected chi connectivity index (χ0v) is 15.7. The van der Waals surface area contributed by atoms with Crippen molar-refractivity contribution in [1.29, 1.82) is 0 Å². The fourth-order valence-electron chi connectivity index (χ4n) is 4.01. The molecular formula is C14H16ClF3N6O2S. The van der Waals surface area contributed by atoms with Crippen LogP contribution in [0.5, 0.6) is 0 Å². The topological polar surface area (TPSA) is 96.8 Å². The van der Waals surface area contributed by atoms with Gasteiger partial charge in [-0.15, -0.1) is 0 Å². The predicted octanol–water partition coefficient (Wildman–Crippen LogP) is 1.51. The molecule has 1 aliphatic heterocycles. The largest absolute Gasteiger partial charge is 0.418 e. The van der Waals surface area contributed by atoms with Gasteiger partial charge >= 0.3 is 6.18 Å². The Morgan fingerprint density at radius 3 is 2.56 bits per heavy atom. The van der Waals surface area contributed by atoms with Gasteiger partial charge in [-0.3, -0.25) is 0 Å². The van der Waals surface area contributed by atoms with E-state index in [9.17, 15) is 21.6 Å².